The van der Waals surface area contributed by atoms with Crippen molar-refractivity contribution >= 4 is 32.4 Å². The van der Waals surface area contributed by atoms with Gasteiger partial charge in [0, 0.05) is 14.7 Å². The third-order valence-corrected chi connectivity index (χ3v) is 9.71. The third kappa shape index (κ3) is 9.78. The summed E-state index contributed by atoms with van der Waals surface area (Å²) in [6.07, 6.45) is 0.989. The van der Waals surface area contributed by atoms with Crippen molar-refractivity contribution in [1.82, 2.24) is 0 Å². The molecule has 0 bridgehead atoms. The van der Waals surface area contributed by atoms with E-state index in [0.29, 0.717) is 26.2 Å². The van der Waals surface area contributed by atoms with Crippen LogP contribution in [0.4, 0.5) is 0 Å². The standard InChI is InChI=1S/C31H38O9S2/c1-30(2,3)38-28(32)21-36-23-13-11-17-26(19-23)42(40-41(7,34)35,25-15-9-8-10-16-25)27-18-12-14-24(20-27)37-22-29(33)39-31(4,5)6/h8-20H,21-22H2,1-7H3. The molecule has 11 heteroatoms. The number of benzene rings is 3. The van der Waals surface area contributed by atoms with E-state index in [0.717, 1.165) is 6.26 Å². The van der Waals surface area contributed by atoms with Crippen LogP contribution in [0.1, 0.15) is 41.5 Å². The van der Waals surface area contributed by atoms with E-state index in [1.807, 2.05) is 6.07 Å². The second-order valence-electron chi connectivity index (χ2n) is 11.3. The van der Waals surface area contributed by atoms with Crippen molar-refractivity contribution in [2.45, 2.75) is 67.4 Å². The average Bonchev–Trinajstić information content (AvgIpc) is 2.88. The van der Waals surface area contributed by atoms with Crippen LogP contribution in [-0.2, 0) is 32.8 Å². The van der Waals surface area contributed by atoms with Crippen LogP contribution in [0.25, 0.3) is 0 Å². The van der Waals surface area contributed by atoms with E-state index in [9.17, 15) is 18.0 Å². The van der Waals surface area contributed by atoms with Gasteiger partial charge in [0.25, 0.3) is 10.1 Å². The molecule has 3 aromatic carbocycles. The number of carbonyl (C=O) groups excluding carboxylic acids is 2. The molecule has 3 aromatic rings. The summed E-state index contributed by atoms with van der Waals surface area (Å²) in [7, 11) is -6.99. The highest BCUT2D eigenvalue weighted by Crippen LogP contribution is 2.70. The monoisotopic (exact) mass is 618 g/mol. The van der Waals surface area contributed by atoms with Crippen molar-refractivity contribution in [2.75, 3.05) is 19.5 Å². The molecule has 0 aliphatic heterocycles. The molecule has 0 radical (unpaired) electrons. The first-order valence-electron chi connectivity index (χ1n) is 13.2. The molecule has 9 nitrogen and oxygen atoms in total. The lowest BCUT2D eigenvalue weighted by Crippen LogP contribution is -2.27. The summed E-state index contributed by atoms with van der Waals surface area (Å²) in [4.78, 5) is 26.1. The molecule has 3 rings (SSSR count). The maximum atomic E-state index is 12.8. The Kier molecular flexibility index (Phi) is 10.3. The molecule has 0 aliphatic carbocycles. The average molecular weight is 619 g/mol. The summed E-state index contributed by atoms with van der Waals surface area (Å²) < 4.78 is 53.9. The van der Waals surface area contributed by atoms with Gasteiger partial charge in [-0.2, -0.15) is 8.42 Å². The van der Waals surface area contributed by atoms with Gasteiger partial charge in [-0.15, -0.1) is 0 Å². The normalized spacial score (nSPS) is 12.7. The molecule has 228 valence electrons. The quantitative estimate of drug-likeness (QED) is 0.228. The van der Waals surface area contributed by atoms with Crippen LogP contribution in [-0.4, -0.2) is 51.0 Å². The van der Waals surface area contributed by atoms with Crippen molar-refractivity contribution < 1.29 is 40.6 Å². The van der Waals surface area contributed by atoms with Crippen LogP contribution in [0.15, 0.2) is 93.5 Å². The fraction of sp³-hybridized carbons (Fsp3) is 0.355. The zero-order chi connectivity index (χ0) is 31.2. The number of hydrogen-bond acceptors (Lipinski definition) is 9. The first-order valence-corrected chi connectivity index (χ1v) is 16.5. The summed E-state index contributed by atoms with van der Waals surface area (Å²) >= 11 is 0. The van der Waals surface area contributed by atoms with Crippen LogP contribution in [0.2, 0.25) is 0 Å². The minimum atomic E-state index is -4.04. The highest BCUT2D eigenvalue weighted by Gasteiger charge is 2.37. The van der Waals surface area contributed by atoms with Crippen LogP contribution in [0, 0.1) is 0 Å². The molecule has 0 saturated carbocycles. The largest absolute Gasteiger partial charge is 0.482 e. The van der Waals surface area contributed by atoms with Crippen molar-refractivity contribution in [1.29, 1.82) is 0 Å². The lowest BCUT2D eigenvalue weighted by molar-refractivity contribution is -0.158. The van der Waals surface area contributed by atoms with E-state index in [-0.39, 0.29) is 13.2 Å². The SMILES string of the molecule is CC(C)(C)OC(=O)COc1cccc(S(OS(C)(=O)=O)(c2ccccc2)c2cccc(OCC(=O)OC(C)(C)C)c2)c1. The maximum absolute atomic E-state index is 12.8. The molecule has 0 fully saturated rings. The van der Waals surface area contributed by atoms with E-state index in [4.69, 9.17) is 22.6 Å². The van der Waals surface area contributed by atoms with Crippen LogP contribution in [0.5, 0.6) is 11.5 Å². The smallest absolute Gasteiger partial charge is 0.344 e. The van der Waals surface area contributed by atoms with Gasteiger partial charge in [-0.25, -0.2) is 13.2 Å². The summed E-state index contributed by atoms with van der Waals surface area (Å²) in [5, 5.41) is 0. The van der Waals surface area contributed by atoms with Gasteiger partial charge in [0.15, 0.2) is 13.2 Å². The van der Waals surface area contributed by atoms with Gasteiger partial charge in [0.1, 0.15) is 22.7 Å². The molecule has 42 heavy (non-hydrogen) atoms. The van der Waals surface area contributed by atoms with Crippen LogP contribution < -0.4 is 9.47 Å². The zero-order valence-corrected chi connectivity index (χ0v) is 26.5. The first-order chi connectivity index (χ1) is 19.5. The maximum Gasteiger partial charge on any atom is 0.344 e. The highest BCUT2D eigenvalue weighted by molar-refractivity contribution is 8.33. The van der Waals surface area contributed by atoms with Gasteiger partial charge < -0.3 is 18.9 Å². The second kappa shape index (κ2) is 13.2. The molecule has 0 heterocycles. The van der Waals surface area contributed by atoms with Crippen molar-refractivity contribution in [3.05, 3.63) is 78.9 Å². The predicted octanol–water partition coefficient (Wildman–Crippen LogP) is 6.30. The van der Waals surface area contributed by atoms with E-state index in [2.05, 4.69) is 0 Å². The Morgan fingerprint density at radius 3 is 1.40 bits per heavy atom. The molecule has 0 aromatic heterocycles. The minimum Gasteiger partial charge on any atom is -0.482 e. The van der Waals surface area contributed by atoms with Gasteiger partial charge in [-0.1, -0.05) is 30.3 Å². The lowest BCUT2D eigenvalue weighted by Gasteiger charge is -2.39. The van der Waals surface area contributed by atoms with E-state index in [1.165, 1.54) is 0 Å². The number of ether oxygens (including phenoxy) is 4. The molecular formula is C31H38O9S2. The Bertz CT molecular complexity index is 1410. The summed E-state index contributed by atoms with van der Waals surface area (Å²) in [6, 6.07) is 22.4. The van der Waals surface area contributed by atoms with Crippen molar-refractivity contribution in [3.63, 3.8) is 0 Å². The third-order valence-electron chi connectivity index (χ3n) is 5.13. The Morgan fingerprint density at radius 1 is 0.619 bits per heavy atom. The molecular weight excluding hydrogens is 580 g/mol. The Labute approximate surface area is 249 Å². The topological polar surface area (TPSA) is 114 Å². The number of carbonyl (C=O) groups is 2. The predicted molar refractivity (Wildman–Crippen MR) is 160 cm³/mol. The lowest BCUT2D eigenvalue weighted by atomic mass is 10.2. The number of esters is 2. The first kappa shape index (κ1) is 33.0. The van der Waals surface area contributed by atoms with Gasteiger partial charge >= 0.3 is 11.9 Å². The molecule has 0 aliphatic rings. The molecule has 0 atom stereocenters. The van der Waals surface area contributed by atoms with Gasteiger partial charge in [-0.05, 0) is 100 Å². The van der Waals surface area contributed by atoms with E-state index in [1.54, 1.807) is 114 Å². The number of rotatable bonds is 11. The molecule has 0 amide bonds. The van der Waals surface area contributed by atoms with Crippen LogP contribution >= 0.6 is 10.3 Å². The molecule has 0 unspecified atom stereocenters. The van der Waals surface area contributed by atoms with E-state index < -0.39 is 43.6 Å². The second-order valence-corrected chi connectivity index (χ2v) is 15.8. The Morgan fingerprint density at radius 2 is 1.02 bits per heavy atom. The minimum absolute atomic E-state index is 0.320. The van der Waals surface area contributed by atoms with E-state index >= 15 is 0 Å². The highest BCUT2D eigenvalue weighted by atomic mass is 32.3. The fourth-order valence-electron chi connectivity index (χ4n) is 3.84. The van der Waals surface area contributed by atoms with Crippen molar-refractivity contribution in [3.8, 4) is 11.5 Å². The molecule has 0 spiro atoms. The Hall–Kier alpha value is -3.54. The van der Waals surface area contributed by atoms with Gasteiger partial charge in [0.05, 0.1) is 6.26 Å². The summed E-state index contributed by atoms with van der Waals surface area (Å²) in [6.45, 7) is 9.89. The summed E-state index contributed by atoms with van der Waals surface area (Å²) in [5.74, 6) is -0.449. The number of hydrogen-bond donors (Lipinski definition) is 0. The van der Waals surface area contributed by atoms with Crippen molar-refractivity contribution in [2.24, 2.45) is 0 Å². The van der Waals surface area contributed by atoms with Gasteiger partial charge in [0.2, 0.25) is 0 Å². The zero-order valence-electron chi connectivity index (χ0n) is 24.9. The Balaban J connectivity index is 2.09. The van der Waals surface area contributed by atoms with Gasteiger partial charge in [-0.3, -0.25) is 0 Å². The fourth-order valence-corrected chi connectivity index (χ4v) is 8.72. The molecule has 0 N–H and O–H groups in total. The molecule has 0 saturated heterocycles. The summed E-state index contributed by atoms with van der Waals surface area (Å²) in [5.41, 5.74) is -1.34. The van der Waals surface area contributed by atoms with Crippen LogP contribution in [0.3, 0.4) is 0 Å².